The Morgan fingerprint density at radius 1 is 0.974 bits per heavy atom. The molecular weight excluding hydrogens is 553 g/mol. The summed E-state index contributed by atoms with van der Waals surface area (Å²) in [6, 6.07) is 10.6. The summed E-state index contributed by atoms with van der Waals surface area (Å²) in [5.74, 6) is -2.29. The van der Waals surface area contributed by atoms with Gasteiger partial charge in [-0.05, 0) is 79.7 Å². The molecule has 1 amide bonds. The van der Waals surface area contributed by atoms with Crippen LogP contribution in [0.2, 0.25) is 10.0 Å². The summed E-state index contributed by atoms with van der Waals surface area (Å²) in [6.07, 6.45) is 4.12. The second-order valence-corrected chi connectivity index (χ2v) is 10.6. The maximum absolute atomic E-state index is 13.6. The largest absolute Gasteiger partial charge is 0.480 e. The molecule has 8 nitrogen and oxygen atoms in total. The van der Waals surface area contributed by atoms with Crippen LogP contribution in [0.15, 0.2) is 36.4 Å². The van der Waals surface area contributed by atoms with Crippen molar-refractivity contribution in [3.05, 3.63) is 63.1 Å². The number of rotatable bonds is 9. The lowest BCUT2D eigenvalue weighted by Crippen LogP contribution is -2.48. The van der Waals surface area contributed by atoms with Crippen molar-refractivity contribution in [3.8, 4) is 0 Å². The van der Waals surface area contributed by atoms with Crippen LogP contribution in [0.25, 0.3) is 0 Å². The Bertz CT molecular complexity index is 1170. The lowest BCUT2D eigenvalue weighted by Gasteiger charge is -2.44. The van der Waals surface area contributed by atoms with Crippen molar-refractivity contribution in [3.63, 3.8) is 0 Å². The third kappa shape index (κ3) is 6.91. The molecule has 1 aliphatic heterocycles. The maximum atomic E-state index is 13.6. The highest BCUT2D eigenvalue weighted by molar-refractivity contribution is 6.42. The topological polar surface area (TPSA) is 101 Å². The van der Waals surface area contributed by atoms with Crippen LogP contribution in [0, 0.1) is 0 Å². The van der Waals surface area contributed by atoms with Crippen LogP contribution in [0.1, 0.15) is 42.0 Å². The van der Waals surface area contributed by atoms with Gasteiger partial charge in [0.25, 0.3) is 0 Å². The number of aliphatic carboxylic acids is 2. The minimum Gasteiger partial charge on any atom is -0.480 e. The first-order chi connectivity index (χ1) is 17.6. The molecule has 1 heterocycles. The van der Waals surface area contributed by atoms with Gasteiger partial charge >= 0.3 is 11.9 Å². The lowest BCUT2D eigenvalue weighted by atomic mass is 9.82. The monoisotopic (exact) mass is 583 g/mol. The maximum Gasteiger partial charge on any atom is 0.323 e. The number of likely N-dealkylation sites (N-methyl/N-ethyl adjacent to an activating group) is 1. The van der Waals surface area contributed by atoms with E-state index in [0.717, 1.165) is 55.5 Å². The van der Waals surface area contributed by atoms with E-state index in [1.54, 1.807) is 29.2 Å². The number of aryl methyl sites for hydroxylation is 1. The molecular formula is C27H32Cl3N3O5. The van der Waals surface area contributed by atoms with Crippen molar-refractivity contribution in [2.75, 3.05) is 38.1 Å². The van der Waals surface area contributed by atoms with E-state index in [-0.39, 0.29) is 36.8 Å². The van der Waals surface area contributed by atoms with Gasteiger partial charge in [-0.25, -0.2) is 0 Å². The first-order valence-electron chi connectivity index (χ1n) is 12.4. The molecule has 2 aromatic rings. The Morgan fingerprint density at radius 2 is 1.63 bits per heavy atom. The van der Waals surface area contributed by atoms with E-state index in [0.29, 0.717) is 15.7 Å². The predicted molar refractivity (Wildman–Crippen MR) is 150 cm³/mol. The van der Waals surface area contributed by atoms with Gasteiger partial charge in [0.1, 0.15) is 13.1 Å². The molecule has 2 N–H and O–H groups in total. The number of carbonyl (C=O) groups is 3. The SMILES string of the molecule is CN(C(=O)Cc1ccc(Cl)c(Cl)c1)[C@H]1c2cc(N(CC(=O)O)CC(=O)O)ccc2CC[C@@H]1N1CCCC1.Cl. The fraction of sp³-hybridized carbons (Fsp3) is 0.444. The van der Waals surface area contributed by atoms with Gasteiger partial charge in [-0.15, -0.1) is 12.4 Å². The van der Waals surface area contributed by atoms with Crippen molar-refractivity contribution < 1.29 is 24.6 Å². The highest BCUT2D eigenvalue weighted by Gasteiger charge is 2.39. The van der Waals surface area contributed by atoms with E-state index in [1.165, 1.54) is 4.90 Å². The molecule has 1 saturated heterocycles. The van der Waals surface area contributed by atoms with Gasteiger partial charge in [0.2, 0.25) is 5.91 Å². The first kappa shape index (κ1) is 30.0. The zero-order valence-corrected chi connectivity index (χ0v) is 23.4. The standard InChI is InChI=1S/C27H31Cl2N3O5.ClH/c1-30(24(33)13-17-4-8-21(28)22(29)12-17)27-20-14-19(32(15-25(34)35)16-26(36)37)7-5-18(20)6-9-23(27)31-10-2-3-11-31;/h4-5,7-8,12,14,23,27H,2-3,6,9-11,13,15-16H2,1H3,(H,34,35)(H,36,37);1H/t23-,27-;/m0./s1. The van der Waals surface area contributed by atoms with Crippen LogP contribution in [0.5, 0.6) is 0 Å². The third-order valence-electron chi connectivity index (χ3n) is 7.30. The molecule has 2 atom stereocenters. The Hall–Kier alpha value is -2.52. The molecule has 1 aliphatic carbocycles. The summed E-state index contributed by atoms with van der Waals surface area (Å²) in [7, 11) is 1.81. The molecule has 0 bridgehead atoms. The van der Waals surface area contributed by atoms with Gasteiger partial charge in [-0.1, -0.05) is 35.3 Å². The number of amides is 1. The number of carboxylic acids is 2. The number of fused-ring (bicyclic) bond motifs is 1. The Labute approximate surface area is 238 Å². The van der Waals surface area contributed by atoms with Crippen molar-refractivity contribution in [1.82, 2.24) is 9.80 Å². The fourth-order valence-electron chi connectivity index (χ4n) is 5.54. The third-order valence-corrected chi connectivity index (χ3v) is 8.04. The van der Waals surface area contributed by atoms with E-state index >= 15 is 0 Å². The van der Waals surface area contributed by atoms with E-state index < -0.39 is 25.0 Å². The van der Waals surface area contributed by atoms with Gasteiger partial charge in [0, 0.05) is 18.8 Å². The number of hydrogen-bond acceptors (Lipinski definition) is 5. The number of anilines is 1. The number of benzene rings is 2. The number of likely N-dealkylation sites (tertiary alicyclic amines) is 1. The molecule has 0 unspecified atom stereocenters. The van der Waals surface area contributed by atoms with Crippen molar-refractivity contribution in [2.24, 2.45) is 0 Å². The molecule has 38 heavy (non-hydrogen) atoms. The number of hydrogen-bond donors (Lipinski definition) is 2. The lowest BCUT2D eigenvalue weighted by molar-refractivity contribution is -0.136. The summed E-state index contributed by atoms with van der Waals surface area (Å²) in [4.78, 5) is 42.0. The molecule has 4 rings (SSSR count). The number of carboxylic acid groups (broad SMARTS) is 2. The summed E-state index contributed by atoms with van der Waals surface area (Å²) in [5, 5.41) is 19.5. The molecule has 0 spiro atoms. The highest BCUT2D eigenvalue weighted by Crippen LogP contribution is 2.40. The molecule has 11 heteroatoms. The van der Waals surface area contributed by atoms with Gasteiger partial charge in [-0.2, -0.15) is 0 Å². The van der Waals surface area contributed by atoms with Crippen molar-refractivity contribution >= 4 is 59.1 Å². The molecule has 206 valence electrons. The predicted octanol–water partition coefficient (Wildman–Crippen LogP) is 4.54. The first-order valence-corrected chi connectivity index (χ1v) is 13.1. The normalized spacial score (nSPS) is 18.8. The second kappa shape index (κ2) is 13.0. The average molecular weight is 585 g/mol. The molecule has 0 aromatic heterocycles. The Balaban J connectivity index is 0.00000400. The van der Waals surface area contributed by atoms with Crippen LogP contribution in [-0.4, -0.2) is 77.1 Å². The van der Waals surface area contributed by atoms with Crippen molar-refractivity contribution in [1.29, 1.82) is 0 Å². The fourth-order valence-corrected chi connectivity index (χ4v) is 5.86. The quantitative estimate of drug-likeness (QED) is 0.446. The molecule has 2 aliphatic rings. The van der Waals surface area contributed by atoms with Crippen LogP contribution >= 0.6 is 35.6 Å². The van der Waals surface area contributed by atoms with Crippen LogP contribution < -0.4 is 4.90 Å². The summed E-state index contributed by atoms with van der Waals surface area (Å²) >= 11 is 12.2. The highest BCUT2D eigenvalue weighted by atomic mass is 35.5. The number of halogens is 3. The van der Waals surface area contributed by atoms with Gasteiger partial charge in [0.15, 0.2) is 0 Å². The number of carbonyl (C=O) groups excluding carboxylic acids is 1. The number of nitrogens with zero attached hydrogens (tertiary/aromatic N) is 3. The van der Waals surface area contributed by atoms with Crippen LogP contribution in [-0.2, 0) is 27.2 Å². The Morgan fingerprint density at radius 3 is 2.24 bits per heavy atom. The Kier molecular flexibility index (Phi) is 10.3. The summed E-state index contributed by atoms with van der Waals surface area (Å²) in [6.45, 7) is 1.07. The van der Waals surface area contributed by atoms with E-state index in [4.69, 9.17) is 23.2 Å². The molecule has 1 fully saturated rings. The summed E-state index contributed by atoms with van der Waals surface area (Å²) in [5.41, 5.74) is 3.30. The van der Waals surface area contributed by atoms with Gasteiger partial charge in [0.05, 0.1) is 22.5 Å². The van der Waals surface area contributed by atoms with Crippen molar-refractivity contribution in [2.45, 2.75) is 44.2 Å². The van der Waals surface area contributed by atoms with E-state index in [1.807, 2.05) is 19.2 Å². The van der Waals surface area contributed by atoms with E-state index in [2.05, 4.69) is 4.90 Å². The average Bonchev–Trinajstić information content (AvgIpc) is 3.38. The van der Waals surface area contributed by atoms with Crippen LogP contribution in [0.4, 0.5) is 5.69 Å². The smallest absolute Gasteiger partial charge is 0.323 e. The molecule has 0 saturated carbocycles. The van der Waals surface area contributed by atoms with Gasteiger partial charge < -0.3 is 20.0 Å². The summed E-state index contributed by atoms with van der Waals surface area (Å²) < 4.78 is 0. The van der Waals surface area contributed by atoms with Crippen LogP contribution in [0.3, 0.4) is 0 Å². The molecule has 0 radical (unpaired) electrons. The van der Waals surface area contributed by atoms with Gasteiger partial charge in [-0.3, -0.25) is 19.3 Å². The second-order valence-electron chi connectivity index (χ2n) is 9.75. The zero-order chi connectivity index (χ0) is 26.7. The van der Waals surface area contributed by atoms with E-state index in [9.17, 15) is 24.6 Å². The minimum atomic E-state index is -1.11. The molecule has 2 aromatic carbocycles. The zero-order valence-electron chi connectivity index (χ0n) is 21.1. The minimum absolute atomic E-state index is 0.